The number of fused-ring (bicyclic) bond motifs is 2. The molecule has 3 aliphatic rings. The van der Waals surface area contributed by atoms with Crippen molar-refractivity contribution in [2.75, 3.05) is 0 Å². The standard InChI is InChI=1S/C12H20NO/c1-3-7-11-9(5-1)13-10-6-2-4-8-12(10)14-11/h5,9-13H,1-4,6-8H2. The van der Waals surface area contributed by atoms with E-state index in [0.29, 0.717) is 24.3 Å². The highest BCUT2D eigenvalue weighted by Crippen LogP contribution is 2.32. The monoisotopic (exact) mass is 194 g/mol. The van der Waals surface area contributed by atoms with Crippen molar-refractivity contribution in [1.82, 2.24) is 5.32 Å². The first-order chi connectivity index (χ1) is 6.93. The lowest BCUT2D eigenvalue weighted by Crippen LogP contribution is -2.60. The quantitative estimate of drug-likeness (QED) is 0.637. The molecule has 0 bridgehead atoms. The Kier molecular flexibility index (Phi) is 2.50. The molecule has 1 heterocycles. The number of morpholine rings is 1. The first kappa shape index (κ1) is 9.17. The number of nitrogens with one attached hydrogen (secondary N) is 1. The van der Waals surface area contributed by atoms with Crippen molar-refractivity contribution in [2.45, 2.75) is 69.2 Å². The van der Waals surface area contributed by atoms with Crippen LogP contribution in [0.4, 0.5) is 0 Å². The number of hydrogen-bond acceptors (Lipinski definition) is 2. The minimum absolute atomic E-state index is 0.489. The number of hydrogen-bond donors (Lipinski definition) is 1. The Hall–Kier alpha value is -0.0800. The van der Waals surface area contributed by atoms with Crippen LogP contribution in [0, 0.1) is 6.42 Å². The zero-order valence-corrected chi connectivity index (χ0v) is 8.74. The van der Waals surface area contributed by atoms with Crippen LogP contribution in [-0.4, -0.2) is 24.3 Å². The summed E-state index contributed by atoms with van der Waals surface area (Å²) in [7, 11) is 0. The number of ether oxygens (including phenoxy) is 1. The van der Waals surface area contributed by atoms with Crippen LogP contribution in [-0.2, 0) is 4.74 Å². The fraction of sp³-hybridized carbons (Fsp3) is 0.917. The zero-order chi connectivity index (χ0) is 9.38. The van der Waals surface area contributed by atoms with E-state index in [1.54, 1.807) is 0 Å². The highest BCUT2D eigenvalue weighted by molar-refractivity contribution is 5.01. The predicted molar refractivity (Wildman–Crippen MR) is 56.0 cm³/mol. The summed E-state index contributed by atoms with van der Waals surface area (Å²) in [6.45, 7) is 0. The van der Waals surface area contributed by atoms with Gasteiger partial charge in [0.25, 0.3) is 0 Å². The van der Waals surface area contributed by atoms with Crippen LogP contribution in [0.1, 0.15) is 44.9 Å². The smallest absolute Gasteiger partial charge is 0.0735 e. The maximum atomic E-state index is 6.20. The van der Waals surface area contributed by atoms with E-state index in [4.69, 9.17) is 4.74 Å². The van der Waals surface area contributed by atoms with Gasteiger partial charge in [-0.1, -0.05) is 19.3 Å². The lowest BCUT2D eigenvalue weighted by atomic mass is 9.84. The first-order valence-electron chi connectivity index (χ1n) is 6.18. The van der Waals surface area contributed by atoms with E-state index in [9.17, 15) is 0 Å². The third kappa shape index (κ3) is 1.59. The molecule has 2 saturated carbocycles. The average molecular weight is 194 g/mol. The van der Waals surface area contributed by atoms with E-state index in [-0.39, 0.29) is 0 Å². The molecule has 4 atom stereocenters. The van der Waals surface area contributed by atoms with Crippen LogP contribution in [0.25, 0.3) is 0 Å². The van der Waals surface area contributed by atoms with Crippen LogP contribution in [0.3, 0.4) is 0 Å². The van der Waals surface area contributed by atoms with Crippen molar-refractivity contribution in [2.24, 2.45) is 0 Å². The van der Waals surface area contributed by atoms with E-state index in [0.717, 1.165) is 0 Å². The third-order valence-electron chi connectivity index (χ3n) is 3.97. The van der Waals surface area contributed by atoms with Crippen molar-refractivity contribution >= 4 is 0 Å². The Morgan fingerprint density at radius 2 is 1.86 bits per heavy atom. The molecule has 2 aliphatic carbocycles. The van der Waals surface area contributed by atoms with Crippen LogP contribution in [0.5, 0.6) is 0 Å². The van der Waals surface area contributed by atoms with Gasteiger partial charge in [0.2, 0.25) is 0 Å². The molecule has 1 aliphatic heterocycles. The maximum Gasteiger partial charge on any atom is 0.0735 e. The van der Waals surface area contributed by atoms with Crippen molar-refractivity contribution in [3.8, 4) is 0 Å². The van der Waals surface area contributed by atoms with Crippen LogP contribution in [0.15, 0.2) is 0 Å². The minimum Gasteiger partial charge on any atom is -0.372 e. The first-order valence-corrected chi connectivity index (χ1v) is 6.18. The van der Waals surface area contributed by atoms with Gasteiger partial charge in [0, 0.05) is 12.1 Å². The summed E-state index contributed by atoms with van der Waals surface area (Å²) in [4.78, 5) is 0. The summed E-state index contributed by atoms with van der Waals surface area (Å²) < 4.78 is 6.20. The molecule has 2 nitrogen and oxygen atoms in total. The number of rotatable bonds is 0. The zero-order valence-electron chi connectivity index (χ0n) is 8.74. The second-order valence-corrected chi connectivity index (χ2v) is 4.96. The van der Waals surface area contributed by atoms with Crippen molar-refractivity contribution in [3.05, 3.63) is 6.42 Å². The van der Waals surface area contributed by atoms with E-state index >= 15 is 0 Å². The molecular formula is C12H20NO. The summed E-state index contributed by atoms with van der Waals surface area (Å²) in [5, 5.41) is 3.78. The molecule has 0 aromatic carbocycles. The van der Waals surface area contributed by atoms with Gasteiger partial charge >= 0.3 is 0 Å². The lowest BCUT2D eigenvalue weighted by molar-refractivity contribution is -0.103. The summed E-state index contributed by atoms with van der Waals surface area (Å²) in [5.41, 5.74) is 0. The van der Waals surface area contributed by atoms with Gasteiger partial charge in [0.05, 0.1) is 12.2 Å². The van der Waals surface area contributed by atoms with Crippen LogP contribution >= 0.6 is 0 Å². The van der Waals surface area contributed by atoms with Crippen LogP contribution in [0.2, 0.25) is 0 Å². The van der Waals surface area contributed by atoms with Gasteiger partial charge < -0.3 is 10.1 Å². The Morgan fingerprint density at radius 1 is 1.00 bits per heavy atom. The Balaban J connectivity index is 1.68. The Labute approximate surface area is 86.4 Å². The molecule has 1 radical (unpaired) electrons. The van der Waals surface area contributed by atoms with Gasteiger partial charge in [-0.3, -0.25) is 0 Å². The summed E-state index contributed by atoms with van der Waals surface area (Å²) >= 11 is 0. The summed E-state index contributed by atoms with van der Waals surface area (Å²) in [5.74, 6) is 0. The molecule has 3 rings (SSSR count). The highest BCUT2D eigenvalue weighted by Gasteiger charge is 2.39. The third-order valence-corrected chi connectivity index (χ3v) is 3.97. The predicted octanol–water partition coefficient (Wildman–Crippen LogP) is 2.04. The van der Waals surface area contributed by atoms with E-state index < -0.39 is 0 Å². The summed E-state index contributed by atoms with van der Waals surface area (Å²) in [6, 6.07) is 1.21. The molecule has 3 fully saturated rings. The largest absolute Gasteiger partial charge is 0.372 e. The van der Waals surface area contributed by atoms with E-state index in [2.05, 4.69) is 11.7 Å². The van der Waals surface area contributed by atoms with E-state index in [1.165, 1.54) is 44.9 Å². The fourth-order valence-corrected chi connectivity index (χ4v) is 3.20. The average Bonchev–Trinajstić information content (AvgIpc) is 2.26. The minimum atomic E-state index is 0.489. The van der Waals surface area contributed by atoms with Gasteiger partial charge in [0.15, 0.2) is 0 Å². The Bertz CT molecular complexity index is 164. The molecule has 0 aromatic heterocycles. The molecule has 1 saturated heterocycles. The van der Waals surface area contributed by atoms with E-state index in [1.807, 2.05) is 0 Å². The topological polar surface area (TPSA) is 21.3 Å². The normalized spacial score (nSPS) is 48.0. The van der Waals surface area contributed by atoms with Gasteiger partial charge in [-0.05, 0) is 32.1 Å². The van der Waals surface area contributed by atoms with Gasteiger partial charge in [-0.15, -0.1) is 0 Å². The highest BCUT2D eigenvalue weighted by atomic mass is 16.5. The van der Waals surface area contributed by atoms with Crippen LogP contribution < -0.4 is 5.32 Å². The summed E-state index contributed by atoms with van der Waals surface area (Å²) in [6.07, 6.45) is 12.6. The van der Waals surface area contributed by atoms with Gasteiger partial charge in [0.1, 0.15) is 0 Å². The van der Waals surface area contributed by atoms with Crippen molar-refractivity contribution in [1.29, 1.82) is 0 Å². The van der Waals surface area contributed by atoms with Crippen molar-refractivity contribution in [3.63, 3.8) is 0 Å². The molecule has 0 spiro atoms. The van der Waals surface area contributed by atoms with Gasteiger partial charge in [-0.25, -0.2) is 0 Å². The SMILES string of the molecule is [CH]1CCCC2OC3CCCCC3NC12. The molecule has 1 N–H and O–H groups in total. The second-order valence-electron chi connectivity index (χ2n) is 4.96. The maximum absolute atomic E-state index is 6.20. The lowest BCUT2D eigenvalue weighted by Gasteiger charge is -2.46. The molecule has 79 valence electrons. The molecule has 4 unspecified atom stereocenters. The molecule has 14 heavy (non-hydrogen) atoms. The Morgan fingerprint density at radius 3 is 2.86 bits per heavy atom. The van der Waals surface area contributed by atoms with Crippen molar-refractivity contribution < 1.29 is 4.74 Å². The van der Waals surface area contributed by atoms with Gasteiger partial charge in [-0.2, -0.15) is 0 Å². The molecular weight excluding hydrogens is 174 g/mol. The molecule has 2 heteroatoms. The molecule has 0 aromatic rings. The fourth-order valence-electron chi connectivity index (χ4n) is 3.20. The molecule has 0 amide bonds. The second kappa shape index (κ2) is 3.82.